The van der Waals surface area contributed by atoms with Gasteiger partial charge in [0.15, 0.2) is 0 Å². The Balaban J connectivity index is 1.62. The Bertz CT molecular complexity index is 1270. The number of carbonyl (C=O) groups is 1. The number of anilines is 1. The van der Waals surface area contributed by atoms with Crippen molar-refractivity contribution in [1.82, 2.24) is 0 Å². The number of para-hydroxylation sites is 2. The molecule has 0 saturated carbocycles. The Kier molecular flexibility index (Phi) is 4.64. The maximum Gasteiger partial charge on any atom is 0.248 e. The normalized spacial score (nSPS) is 11.2. The molecule has 3 aromatic carbocycles. The van der Waals surface area contributed by atoms with Crippen molar-refractivity contribution in [2.24, 2.45) is 0 Å². The summed E-state index contributed by atoms with van der Waals surface area (Å²) < 4.78 is 11.0. The molecular formula is C23H17NO4. The molecule has 0 aliphatic rings. The highest BCUT2D eigenvalue weighted by Crippen LogP contribution is 2.22. The van der Waals surface area contributed by atoms with E-state index in [1.54, 1.807) is 49.6 Å². The minimum Gasteiger partial charge on any atom is -0.496 e. The zero-order valence-electron chi connectivity index (χ0n) is 15.1. The number of hydrogen-bond donors (Lipinski definition) is 1. The molecule has 5 nitrogen and oxygen atoms in total. The van der Waals surface area contributed by atoms with E-state index in [0.29, 0.717) is 33.4 Å². The number of amides is 1. The Morgan fingerprint density at radius 3 is 2.57 bits per heavy atom. The van der Waals surface area contributed by atoms with Gasteiger partial charge in [0.1, 0.15) is 16.9 Å². The Morgan fingerprint density at radius 2 is 1.71 bits per heavy atom. The SMILES string of the molecule is COc1ccccc1/C=C/C(=O)Nc1ccc2oc3ccccc3c(=O)c2c1. The van der Waals surface area contributed by atoms with E-state index in [4.69, 9.17) is 9.15 Å². The van der Waals surface area contributed by atoms with E-state index in [2.05, 4.69) is 5.32 Å². The van der Waals surface area contributed by atoms with E-state index in [1.807, 2.05) is 30.3 Å². The molecule has 0 aliphatic carbocycles. The summed E-state index contributed by atoms with van der Waals surface area (Å²) in [6.45, 7) is 0. The topological polar surface area (TPSA) is 68.5 Å². The highest BCUT2D eigenvalue weighted by Gasteiger charge is 2.09. The number of nitrogens with one attached hydrogen (secondary N) is 1. The van der Waals surface area contributed by atoms with Gasteiger partial charge in [0.25, 0.3) is 0 Å². The number of hydrogen-bond acceptors (Lipinski definition) is 4. The van der Waals surface area contributed by atoms with Crippen LogP contribution in [0.2, 0.25) is 0 Å². The average Bonchev–Trinajstić information content (AvgIpc) is 2.73. The fraction of sp³-hybridized carbons (Fsp3) is 0.0435. The van der Waals surface area contributed by atoms with E-state index < -0.39 is 0 Å². The lowest BCUT2D eigenvalue weighted by Gasteiger charge is -2.06. The summed E-state index contributed by atoms with van der Waals surface area (Å²) in [7, 11) is 1.58. The van der Waals surface area contributed by atoms with Gasteiger partial charge in [-0.2, -0.15) is 0 Å². The lowest BCUT2D eigenvalue weighted by molar-refractivity contribution is -0.111. The van der Waals surface area contributed by atoms with Gasteiger partial charge in [-0.25, -0.2) is 0 Å². The van der Waals surface area contributed by atoms with Crippen LogP contribution in [0.4, 0.5) is 5.69 Å². The van der Waals surface area contributed by atoms with Crippen molar-refractivity contribution in [1.29, 1.82) is 0 Å². The van der Waals surface area contributed by atoms with E-state index in [1.165, 1.54) is 6.08 Å². The van der Waals surface area contributed by atoms with Crippen LogP contribution in [0.25, 0.3) is 28.0 Å². The zero-order chi connectivity index (χ0) is 19.5. The fourth-order valence-corrected chi connectivity index (χ4v) is 3.03. The van der Waals surface area contributed by atoms with Crippen molar-refractivity contribution in [3.05, 3.63) is 88.6 Å². The largest absolute Gasteiger partial charge is 0.496 e. The average molecular weight is 371 g/mol. The molecule has 1 aromatic heterocycles. The molecule has 0 radical (unpaired) electrons. The number of methoxy groups -OCH3 is 1. The molecule has 1 N–H and O–H groups in total. The summed E-state index contributed by atoms with van der Waals surface area (Å²) in [6, 6.07) is 19.5. The molecule has 1 amide bonds. The highest BCUT2D eigenvalue weighted by molar-refractivity contribution is 6.03. The lowest BCUT2D eigenvalue weighted by Crippen LogP contribution is -2.09. The predicted octanol–water partition coefficient (Wildman–Crippen LogP) is 4.61. The maximum absolute atomic E-state index is 12.7. The van der Waals surface area contributed by atoms with Crippen LogP contribution in [0.3, 0.4) is 0 Å². The smallest absolute Gasteiger partial charge is 0.248 e. The summed E-state index contributed by atoms with van der Waals surface area (Å²) in [4.78, 5) is 25.0. The van der Waals surface area contributed by atoms with Crippen LogP contribution in [0.5, 0.6) is 5.75 Å². The number of ether oxygens (including phenoxy) is 1. The molecule has 0 fully saturated rings. The molecule has 4 aromatic rings. The van der Waals surface area contributed by atoms with Crippen molar-refractivity contribution in [2.45, 2.75) is 0 Å². The van der Waals surface area contributed by atoms with Crippen LogP contribution >= 0.6 is 0 Å². The monoisotopic (exact) mass is 371 g/mol. The maximum atomic E-state index is 12.7. The molecule has 0 bridgehead atoms. The Labute approximate surface area is 160 Å². The van der Waals surface area contributed by atoms with E-state index in [-0.39, 0.29) is 11.3 Å². The molecule has 1 heterocycles. The van der Waals surface area contributed by atoms with Crippen LogP contribution in [0.1, 0.15) is 5.56 Å². The fourth-order valence-electron chi connectivity index (χ4n) is 3.03. The molecule has 0 atom stereocenters. The Morgan fingerprint density at radius 1 is 0.964 bits per heavy atom. The summed E-state index contributed by atoms with van der Waals surface area (Å²) >= 11 is 0. The number of rotatable bonds is 4. The van der Waals surface area contributed by atoms with Crippen LogP contribution in [-0.4, -0.2) is 13.0 Å². The molecule has 138 valence electrons. The van der Waals surface area contributed by atoms with Gasteiger partial charge in [-0.3, -0.25) is 9.59 Å². The second-order valence-electron chi connectivity index (χ2n) is 6.20. The molecule has 0 unspecified atom stereocenters. The van der Waals surface area contributed by atoms with E-state index in [9.17, 15) is 9.59 Å². The molecule has 0 aliphatic heterocycles. The second-order valence-corrected chi connectivity index (χ2v) is 6.20. The molecule has 5 heteroatoms. The van der Waals surface area contributed by atoms with Crippen molar-refractivity contribution >= 4 is 39.6 Å². The second kappa shape index (κ2) is 7.40. The van der Waals surface area contributed by atoms with Crippen molar-refractivity contribution in [3.8, 4) is 5.75 Å². The van der Waals surface area contributed by atoms with E-state index in [0.717, 1.165) is 5.56 Å². The summed E-state index contributed by atoms with van der Waals surface area (Å²) in [5, 5.41) is 3.70. The summed E-state index contributed by atoms with van der Waals surface area (Å²) in [5.74, 6) is 0.372. The zero-order valence-corrected chi connectivity index (χ0v) is 15.1. The van der Waals surface area contributed by atoms with Crippen molar-refractivity contribution in [2.75, 3.05) is 12.4 Å². The first-order valence-corrected chi connectivity index (χ1v) is 8.73. The summed E-state index contributed by atoms with van der Waals surface area (Å²) in [6.07, 6.45) is 3.10. The predicted molar refractivity (Wildman–Crippen MR) is 111 cm³/mol. The molecule has 28 heavy (non-hydrogen) atoms. The highest BCUT2D eigenvalue weighted by atomic mass is 16.5. The van der Waals surface area contributed by atoms with Crippen LogP contribution in [0.15, 0.2) is 82.0 Å². The van der Waals surface area contributed by atoms with E-state index >= 15 is 0 Å². The van der Waals surface area contributed by atoms with Crippen molar-refractivity contribution < 1.29 is 13.9 Å². The summed E-state index contributed by atoms with van der Waals surface area (Å²) in [5.41, 5.74) is 2.20. The minimum absolute atomic E-state index is 0.127. The molecule has 0 spiro atoms. The quantitative estimate of drug-likeness (QED) is 0.420. The van der Waals surface area contributed by atoms with Gasteiger partial charge in [-0.05, 0) is 42.5 Å². The first kappa shape index (κ1) is 17.5. The standard InChI is InChI=1S/C23H17NO4/c1-27-19-8-4-2-6-15(19)10-13-22(25)24-16-11-12-21-18(14-16)23(26)17-7-3-5-9-20(17)28-21/h2-14H,1H3,(H,24,25)/b13-10+. The number of benzene rings is 3. The minimum atomic E-state index is -0.310. The van der Waals surface area contributed by atoms with Crippen LogP contribution < -0.4 is 15.5 Å². The first-order chi connectivity index (χ1) is 13.7. The number of fused-ring (bicyclic) bond motifs is 2. The van der Waals surface area contributed by atoms with Gasteiger partial charge < -0.3 is 14.5 Å². The van der Waals surface area contributed by atoms with Gasteiger partial charge in [0.05, 0.1) is 17.9 Å². The lowest BCUT2D eigenvalue weighted by atomic mass is 10.1. The molecular weight excluding hydrogens is 354 g/mol. The van der Waals surface area contributed by atoms with Gasteiger partial charge in [0, 0.05) is 17.3 Å². The molecule has 0 saturated heterocycles. The van der Waals surface area contributed by atoms with Gasteiger partial charge in [0.2, 0.25) is 11.3 Å². The van der Waals surface area contributed by atoms with Crippen molar-refractivity contribution in [3.63, 3.8) is 0 Å². The van der Waals surface area contributed by atoms with Gasteiger partial charge in [-0.1, -0.05) is 30.3 Å². The molecule has 4 rings (SSSR count). The first-order valence-electron chi connectivity index (χ1n) is 8.73. The third-order valence-electron chi connectivity index (χ3n) is 4.40. The van der Waals surface area contributed by atoms with Crippen LogP contribution in [-0.2, 0) is 4.79 Å². The van der Waals surface area contributed by atoms with Gasteiger partial charge >= 0.3 is 0 Å². The third kappa shape index (κ3) is 3.38. The van der Waals surface area contributed by atoms with Crippen LogP contribution in [0, 0.1) is 0 Å². The number of carbonyl (C=O) groups excluding carboxylic acids is 1. The Hall–Kier alpha value is -3.86. The van der Waals surface area contributed by atoms with Gasteiger partial charge in [-0.15, -0.1) is 0 Å². The third-order valence-corrected chi connectivity index (χ3v) is 4.40.